The van der Waals surface area contributed by atoms with Crippen LogP contribution >= 0.6 is 0 Å². The number of carbonyl (C=O) groups is 5. The van der Waals surface area contributed by atoms with Gasteiger partial charge in [-0.3, -0.25) is 24.5 Å². The summed E-state index contributed by atoms with van der Waals surface area (Å²) < 4.78 is 17.6. The van der Waals surface area contributed by atoms with Crippen molar-refractivity contribution in [3.63, 3.8) is 0 Å². The highest BCUT2D eigenvalue weighted by atomic mass is 16.6. The predicted octanol–water partition coefficient (Wildman–Crippen LogP) is 3.10. The second-order valence-electron chi connectivity index (χ2n) is 18.1. The maximum atomic E-state index is 14.6. The first-order chi connectivity index (χ1) is 26.9. The van der Waals surface area contributed by atoms with Gasteiger partial charge in [0.25, 0.3) is 5.91 Å². The van der Waals surface area contributed by atoms with Crippen molar-refractivity contribution in [3.05, 3.63) is 29.8 Å². The Hall–Kier alpha value is -3.75. The monoisotopic (exact) mass is 796 g/mol. The molecule has 3 spiro atoms. The molecule has 3 unspecified atom stereocenters. The molecule has 0 aromatic heterocycles. The number of methoxy groups -OCH3 is 1. The summed E-state index contributed by atoms with van der Waals surface area (Å²) in [6.45, 7) is 11.6. The third-order valence-electron chi connectivity index (χ3n) is 13.8. The zero-order chi connectivity index (χ0) is 41.6. The van der Waals surface area contributed by atoms with Crippen molar-refractivity contribution in [2.45, 2.75) is 153 Å². The molecule has 9 atom stereocenters. The van der Waals surface area contributed by atoms with Gasteiger partial charge in [0.2, 0.25) is 11.8 Å². The largest absolute Gasteiger partial charge is 0.497 e. The van der Waals surface area contributed by atoms with Gasteiger partial charge in [-0.2, -0.15) is 0 Å². The van der Waals surface area contributed by atoms with Crippen LogP contribution in [0.5, 0.6) is 5.75 Å². The van der Waals surface area contributed by atoms with Crippen LogP contribution < -0.4 is 15.4 Å². The smallest absolute Gasteiger partial charge is 0.329 e. The van der Waals surface area contributed by atoms with Gasteiger partial charge in [0.1, 0.15) is 35.7 Å². The van der Waals surface area contributed by atoms with E-state index >= 15 is 0 Å². The zero-order valence-electron chi connectivity index (χ0n) is 34.9. The quantitative estimate of drug-likeness (QED) is 0.298. The van der Waals surface area contributed by atoms with E-state index in [1.807, 2.05) is 39.8 Å². The Balaban J connectivity index is 1.38. The van der Waals surface area contributed by atoms with E-state index in [-0.39, 0.29) is 37.1 Å². The SMILES string of the molecule is CCC1[C@H](C)C12NC(O)C1(CC1)C1(CC1)OC(=O)[C@H](Cc1ccc(OC)cc1)N(C)C(=O)[C@@H]1CCCN1C(=O)[C@H](CC(C)C)NC(=O)[C@H](C(C)C)OC(=O)C[C@@H]2O. The van der Waals surface area contributed by atoms with Gasteiger partial charge in [0, 0.05) is 25.4 Å². The van der Waals surface area contributed by atoms with Crippen LogP contribution in [0.4, 0.5) is 0 Å². The molecule has 1 aromatic rings. The zero-order valence-corrected chi connectivity index (χ0v) is 34.9. The number of aliphatic hydroxyl groups is 2. The Labute approximate surface area is 336 Å². The molecule has 3 saturated carbocycles. The molecule has 57 heavy (non-hydrogen) atoms. The molecule has 316 valence electrons. The second-order valence-corrected chi connectivity index (χ2v) is 18.1. The third kappa shape index (κ3) is 8.15. The highest BCUT2D eigenvalue weighted by Crippen LogP contribution is 2.68. The molecule has 0 bridgehead atoms. The van der Waals surface area contributed by atoms with Gasteiger partial charge in [-0.25, -0.2) is 4.79 Å². The standard InChI is InChI=1S/C43H64N4O10/c1-9-29-26(6)43(29)33(48)23-34(49)56-35(25(4)5)36(50)44-30(21-24(2)3)37(51)47-20-10-11-31(47)38(52)46(7)32(22-27-12-14-28(55-8)15-13-27)39(53)57-42(18-19-42)41(16-17-41)40(54)45-43/h12-15,24-26,29-33,35,40,45,48,54H,9-11,16-23H2,1-8H3,(H,44,50)/t26-,29?,30-,31-,32-,33-,35-,40?,43?/m0/s1. The van der Waals surface area contributed by atoms with Crippen molar-refractivity contribution in [2.24, 2.45) is 29.1 Å². The molecule has 1 aromatic carbocycles. The maximum absolute atomic E-state index is 14.6. The topological polar surface area (TPSA) is 184 Å². The lowest BCUT2D eigenvalue weighted by Gasteiger charge is -2.38. The summed E-state index contributed by atoms with van der Waals surface area (Å²) >= 11 is 0. The molecule has 14 heteroatoms. The minimum Gasteiger partial charge on any atom is -0.497 e. The van der Waals surface area contributed by atoms with E-state index in [4.69, 9.17) is 14.2 Å². The fourth-order valence-corrected chi connectivity index (χ4v) is 10.0. The van der Waals surface area contributed by atoms with Gasteiger partial charge >= 0.3 is 11.9 Å². The van der Waals surface area contributed by atoms with E-state index < -0.39 is 95.1 Å². The number of fused-ring (bicyclic) bond motifs is 2. The molecule has 6 rings (SSSR count). The van der Waals surface area contributed by atoms with Crippen LogP contribution in [0.2, 0.25) is 0 Å². The van der Waals surface area contributed by atoms with Gasteiger partial charge in [-0.05, 0) is 86.3 Å². The number of aliphatic hydroxyl groups excluding tert-OH is 2. The number of ether oxygens (including phenoxy) is 3. The summed E-state index contributed by atoms with van der Waals surface area (Å²) in [4.78, 5) is 73.9. The number of nitrogens with zero attached hydrogens (tertiary/aromatic N) is 2. The number of benzene rings is 1. The maximum Gasteiger partial charge on any atom is 0.329 e. The van der Waals surface area contributed by atoms with Crippen molar-refractivity contribution in [1.82, 2.24) is 20.4 Å². The van der Waals surface area contributed by atoms with Gasteiger partial charge in [-0.15, -0.1) is 0 Å². The normalized spacial score (nSPS) is 34.6. The first-order valence-electron chi connectivity index (χ1n) is 21.0. The fraction of sp³-hybridized carbons (Fsp3) is 0.744. The molecule has 2 aliphatic heterocycles. The molecule has 3 amide bonds. The lowest BCUT2D eigenvalue weighted by atomic mass is 9.91. The van der Waals surface area contributed by atoms with Crippen LogP contribution in [0, 0.1) is 29.1 Å². The molecule has 0 radical (unpaired) electrons. The number of nitrogens with one attached hydrogen (secondary N) is 2. The van der Waals surface area contributed by atoms with Crippen molar-refractivity contribution >= 4 is 29.7 Å². The number of amides is 3. The Morgan fingerprint density at radius 1 is 0.982 bits per heavy atom. The minimum atomic E-state index is -1.26. The lowest BCUT2D eigenvalue weighted by Crippen LogP contribution is -2.58. The van der Waals surface area contributed by atoms with Crippen molar-refractivity contribution in [3.8, 4) is 5.75 Å². The van der Waals surface area contributed by atoms with Crippen molar-refractivity contribution < 1.29 is 48.4 Å². The van der Waals surface area contributed by atoms with E-state index in [9.17, 15) is 34.2 Å². The van der Waals surface area contributed by atoms with E-state index in [2.05, 4.69) is 10.6 Å². The number of likely N-dealkylation sites (N-methyl/N-ethyl adjacent to an activating group) is 1. The van der Waals surface area contributed by atoms with Gasteiger partial charge in [0.15, 0.2) is 6.10 Å². The average Bonchev–Trinajstić information content (AvgIpc) is 4.13. The van der Waals surface area contributed by atoms with Crippen molar-refractivity contribution in [1.29, 1.82) is 0 Å². The van der Waals surface area contributed by atoms with E-state index in [1.165, 1.54) is 9.80 Å². The first kappa shape index (κ1) is 42.8. The predicted molar refractivity (Wildman–Crippen MR) is 209 cm³/mol. The Kier molecular flexibility index (Phi) is 12.4. The van der Waals surface area contributed by atoms with Crippen LogP contribution in [-0.4, -0.2) is 118 Å². The van der Waals surface area contributed by atoms with Crippen molar-refractivity contribution in [2.75, 3.05) is 20.7 Å². The number of hydrogen-bond acceptors (Lipinski definition) is 11. The van der Waals surface area contributed by atoms with Crippen LogP contribution in [0.1, 0.15) is 105 Å². The van der Waals surface area contributed by atoms with Crippen LogP contribution in [0.25, 0.3) is 0 Å². The molecule has 5 fully saturated rings. The van der Waals surface area contributed by atoms with Crippen LogP contribution in [0.3, 0.4) is 0 Å². The number of cyclic esters (lactones) is 1. The highest BCUT2D eigenvalue weighted by molar-refractivity contribution is 5.95. The van der Waals surface area contributed by atoms with E-state index in [0.717, 1.165) is 5.56 Å². The minimum absolute atomic E-state index is 0.0115. The number of rotatable bonds is 7. The summed E-state index contributed by atoms with van der Waals surface area (Å²) in [6, 6.07) is 4.30. The number of carbonyl (C=O) groups excluding carboxylic acids is 5. The van der Waals surface area contributed by atoms with Gasteiger partial charge in [0.05, 0.1) is 25.2 Å². The molecule has 4 N–H and O–H groups in total. The summed E-state index contributed by atoms with van der Waals surface area (Å²) in [6.07, 6.45) is 0.126. The van der Waals surface area contributed by atoms with E-state index in [0.29, 0.717) is 50.7 Å². The third-order valence-corrected chi connectivity index (χ3v) is 13.8. The van der Waals surface area contributed by atoms with E-state index in [1.54, 1.807) is 40.1 Å². The average molecular weight is 797 g/mol. The molecule has 14 nitrogen and oxygen atoms in total. The second kappa shape index (κ2) is 16.5. The Morgan fingerprint density at radius 2 is 1.65 bits per heavy atom. The number of hydrogen-bond donors (Lipinski definition) is 4. The molecule has 2 heterocycles. The lowest BCUT2D eigenvalue weighted by molar-refractivity contribution is -0.171. The summed E-state index contributed by atoms with van der Waals surface area (Å²) in [7, 11) is 3.13. The Morgan fingerprint density at radius 3 is 2.19 bits per heavy atom. The molecule has 2 saturated heterocycles. The molecule has 5 aliphatic rings. The van der Waals surface area contributed by atoms with Gasteiger partial charge < -0.3 is 39.5 Å². The van der Waals surface area contributed by atoms with Crippen LogP contribution in [-0.2, 0) is 39.9 Å². The van der Waals surface area contributed by atoms with Crippen LogP contribution in [0.15, 0.2) is 24.3 Å². The summed E-state index contributed by atoms with van der Waals surface area (Å²) in [5.74, 6) is -2.86. The first-order valence-corrected chi connectivity index (χ1v) is 21.0. The molecule has 3 aliphatic carbocycles. The summed E-state index contributed by atoms with van der Waals surface area (Å²) in [5, 5.41) is 30.1. The summed E-state index contributed by atoms with van der Waals surface area (Å²) in [5.41, 5.74) is -2.07. The number of esters is 2. The Bertz CT molecular complexity index is 1680. The van der Waals surface area contributed by atoms with Gasteiger partial charge in [-0.1, -0.05) is 60.1 Å². The molecular formula is C43H64N4O10. The fourth-order valence-electron chi connectivity index (χ4n) is 10.0. The molecular weight excluding hydrogens is 732 g/mol. The highest BCUT2D eigenvalue weighted by Gasteiger charge is 2.74.